The number of hydrogen-bond acceptors (Lipinski definition) is 4. The maximum Gasteiger partial charge on any atom is 0.271 e. The van der Waals surface area contributed by atoms with E-state index in [1.165, 1.54) is 24.1 Å². The molecule has 84 valence electrons. The molecule has 2 rings (SSSR count). The van der Waals surface area contributed by atoms with Gasteiger partial charge in [0.25, 0.3) is 5.91 Å². The van der Waals surface area contributed by atoms with Crippen LogP contribution in [0.3, 0.4) is 0 Å². The van der Waals surface area contributed by atoms with Crippen LogP contribution in [-0.2, 0) is 0 Å². The Morgan fingerprint density at radius 1 is 1.53 bits per heavy atom. The van der Waals surface area contributed by atoms with Crippen LogP contribution in [0.2, 0.25) is 0 Å². The van der Waals surface area contributed by atoms with Crippen LogP contribution >= 0.6 is 0 Å². The minimum atomic E-state index is -0.272. The van der Waals surface area contributed by atoms with Crippen molar-refractivity contribution >= 4 is 5.91 Å². The first kappa shape index (κ1) is 10.8. The summed E-state index contributed by atoms with van der Waals surface area (Å²) in [5.74, 6) is -0.272. The van der Waals surface area contributed by atoms with Crippen LogP contribution in [0.5, 0.6) is 0 Å². The summed E-state index contributed by atoms with van der Waals surface area (Å²) in [5, 5.41) is 15.5. The molecule has 0 saturated carbocycles. The molecule has 0 atom stereocenters. The summed E-state index contributed by atoms with van der Waals surface area (Å²) in [5.41, 5.74) is 1.29. The maximum atomic E-state index is 11.3. The lowest BCUT2D eigenvalue weighted by Gasteiger charge is -2.02. The predicted octanol–water partition coefficient (Wildman–Crippen LogP) is 0.499. The molecule has 6 nitrogen and oxygen atoms in total. The number of nitrogens with zero attached hydrogens (tertiary/aromatic N) is 4. The summed E-state index contributed by atoms with van der Waals surface area (Å²) in [6.45, 7) is 0. The average Bonchev–Trinajstić information content (AvgIpc) is 2.87. The van der Waals surface area contributed by atoms with Crippen LogP contribution in [-0.4, -0.2) is 27.7 Å². The summed E-state index contributed by atoms with van der Waals surface area (Å²) in [6.07, 6.45) is 4.67. The zero-order valence-electron chi connectivity index (χ0n) is 9.08. The zero-order chi connectivity index (χ0) is 12.3. The molecule has 0 radical (unpaired) electrons. The molecular weight excluding hydrogens is 218 g/mol. The van der Waals surface area contributed by atoms with Gasteiger partial charge >= 0.3 is 0 Å². The standard InChI is InChI=1S/C11H9N5O/c1-13-11(17)9-3-5-16(15-9)10-7-14-4-2-8(10)6-12/h2-5,7H,1H3,(H,13,17). The molecule has 0 unspecified atom stereocenters. The molecule has 0 aromatic carbocycles. The topological polar surface area (TPSA) is 83.6 Å². The van der Waals surface area contributed by atoms with E-state index in [0.29, 0.717) is 16.9 Å². The minimum Gasteiger partial charge on any atom is -0.354 e. The summed E-state index contributed by atoms with van der Waals surface area (Å²) in [7, 11) is 1.53. The Morgan fingerprint density at radius 2 is 2.35 bits per heavy atom. The van der Waals surface area contributed by atoms with Gasteiger partial charge in [-0.2, -0.15) is 10.4 Å². The van der Waals surface area contributed by atoms with Crippen LogP contribution in [0.15, 0.2) is 30.7 Å². The van der Waals surface area contributed by atoms with E-state index in [9.17, 15) is 4.79 Å². The average molecular weight is 227 g/mol. The number of rotatable bonds is 2. The second kappa shape index (κ2) is 4.45. The smallest absolute Gasteiger partial charge is 0.271 e. The van der Waals surface area contributed by atoms with Crippen molar-refractivity contribution in [3.63, 3.8) is 0 Å². The molecule has 1 N–H and O–H groups in total. The number of nitrogens with one attached hydrogen (secondary N) is 1. The molecule has 0 aliphatic carbocycles. The Bertz CT molecular complexity index is 596. The minimum absolute atomic E-state index is 0.272. The Morgan fingerprint density at radius 3 is 3.06 bits per heavy atom. The quantitative estimate of drug-likeness (QED) is 0.809. The third kappa shape index (κ3) is 1.99. The second-order valence-electron chi connectivity index (χ2n) is 3.23. The van der Waals surface area contributed by atoms with Gasteiger partial charge in [-0.05, 0) is 12.1 Å². The van der Waals surface area contributed by atoms with E-state index in [1.54, 1.807) is 18.3 Å². The zero-order valence-corrected chi connectivity index (χ0v) is 9.08. The monoisotopic (exact) mass is 227 g/mol. The van der Waals surface area contributed by atoms with Gasteiger partial charge in [-0.3, -0.25) is 9.78 Å². The van der Waals surface area contributed by atoms with E-state index in [-0.39, 0.29) is 5.91 Å². The number of nitriles is 1. The van der Waals surface area contributed by atoms with Gasteiger partial charge in [-0.25, -0.2) is 4.68 Å². The van der Waals surface area contributed by atoms with Crippen molar-refractivity contribution in [3.05, 3.63) is 42.0 Å². The molecule has 0 aliphatic heterocycles. The van der Waals surface area contributed by atoms with Crippen molar-refractivity contribution < 1.29 is 4.79 Å². The lowest BCUT2D eigenvalue weighted by molar-refractivity contribution is 0.0957. The van der Waals surface area contributed by atoms with Gasteiger partial charge in [0.05, 0.1) is 11.8 Å². The third-order valence-electron chi connectivity index (χ3n) is 2.22. The van der Waals surface area contributed by atoms with E-state index < -0.39 is 0 Å². The molecular formula is C11H9N5O. The first-order chi connectivity index (χ1) is 8.26. The highest BCUT2D eigenvalue weighted by atomic mass is 16.1. The molecule has 1 amide bonds. The highest BCUT2D eigenvalue weighted by Crippen LogP contribution is 2.11. The third-order valence-corrected chi connectivity index (χ3v) is 2.22. The van der Waals surface area contributed by atoms with Crippen LogP contribution in [0.25, 0.3) is 5.69 Å². The Hall–Kier alpha value is -2.68. The lowest BCUT2D eigenvalue weighted by atomic mass is 10.2. The van der Waals surface area contributed by atoms with E-state index in [2.05, 4.69) is 15.4 Å². The van der Waals surface area contributed by atoms with Gasteiger partial charge in [0.1, 0.15) is 11.8 Å². The summed E-state index contributed by atoms with van der Waals surface area (Å²) in [6, 6.07) is 5.22. The van der Waals surface area contributed by atoms with Crippen LogP contribution in [0, 0.1) is 11.3 Å². The van der Waals surface area contributed by atoms with Crippen molar-refractivity contribution in [2.75, 3.05) is 7.05 Å². The van der Waals surface area contributed by atoms with E-state index >= 15 is 0 Å². The van der Waals surface area contributed by atoms with Gasteiger partial charge < -0.3 is 5.32 Å². The number of pyridine rings is 1. The molecule has 2 aromatic rings. The molecule has 0 spiro atoms. The number of carbonyl (C=O) groups excluding carboxylic acids is 1. The number of amides is 1. The fraction of sp³-hybridized carbons (Fsp3) is 0.0909. The maximum absolute atomic E-state index is 11.3. The molecule has 17 heavy (non-hydrogen) atoms. The van der Waals surface area contributed by atoms with Gasteiger partial charge in [0.2, 0.25) is 0 Å². The largest absolute Gasteiger partial charge is 0.354 e. The van der Waals surface area contributed by atoms with Crippen molar-refractivity contribution in [3.8, 4) is 11.8 Å². The number of hydrogen-bond donors (Lipinski definition) is 1. The van der Waals surface area contributed by atoms with Crippen molar-refractivity contribution in [1.82, 2.24) is 20.1 Å². The van der Waals surface area contributed by atoms with Crippen LogP contribution in [0.1, 0.15) is 16.1 Å². The van der Waals surface area contributed by atoms with E-state index in [1.807, 2.05) is 6.07 Å². The summed E-state index contributed by atoms with van der Waals surface area (Å²) < 4.78 is 1.45. The molecule has 6 heteroatoms. The normalized spacial score (nSPS) is 9.65. The van der Waals surface area contributed by atoms with Gasteiger partial charge in [-0.1, -0.05) is 0 Å². The highest BCUT2D eigenvalue weighted by Gasteiger charge is 2.10. The SMILES string of the molecule is CNC(=O)c1ccn(-c2cnccc2C#N)n1. The second-order valence-corrected chi connectivity index (χ2v) is 3.23. The summed E-state index contributed by atoms with van der Waals surface area (Å²) in [4.78, 5) is 15.3. The Kier molecular flexibility index (Phi) is 2.83. The Labute approximate surface area is 97.5 Å². The fourth-order valence-electron chi connectivity index (χ4n) is 1.37. The Balaban J connectivity index is 2.44. The lowest BCUT2D eigenvalue weighted by Crippen LogP contribution is -2.18. The first-order valence-electron chi connectivity index (χ1n) is 4.88. The molecule has 0 fully saturated rings. The van der Waals surface area contributed by atoms with Crippen molar-refractivity contribution in [2.24, 2.45) is 0 Å². The number of carbonyl (C=O) groups is 1. The highest BCUT2D eigenvalue weighted by molar-refractivity contribution is 5.91. The van der Waals surface area contributed by atoms with E-state index in [0.717, 1.165) is 0 Å². The van der Waals surface area contributed by atoms with Crippen molar-refractivity contribution in [1.29, 1.82) is 5.26 Å². The molecule has 2 heterocycles. The molecule has 2 aromatic heterocycles. The predicted molar refractivity (Wildman–Crippen MR) is 59.5 cm³/mol. The molecule has 0 bridgehead atoms. The van der Waals surface area contributed by atoms with Crippen LogP contribution < -0.4 is 5.32 Å². The fourth-order valence-corrected chi connectivity index (χ4v) is 1.37. The van der Waals surface area contributed by atoms with Crippen molar-refractivity contribution in [2.45, 2.75) is 0 Å². The molecule has 0 saturated heterocycles. The van der Waals surface area contributed by atoms with Crippen LogP contribution in [0.4, 0.5) is 0 Å². The first-order valence-corrected chi connectivity index (χ1v) is 4.88. The number of aromatic nitrogens is 3. The van der Waals surface area contributed by atoms with E-state index in [4.69, 9.17) is 5.26 Å². The molecule has 0 aliphatic rings. The van der Waals surface area contributed by atoms with Gasteiger partial charge in [0.15, 0.2) is 5.69 Å². The summed E-state index contributed by atoms with van der Waals surface area (Å²) >= 11 is 0. The van der Waals surface area contributed by atoms with Gasteiger partial charge in [0, 0.05) is 19.4 Å². The van der Waals surface area contributed by atoms with Gasteiger partial charge in [-0.15, -0.1) is 0 Å².